The average Bonchev–Trinajstić information content (AvgIpc) is 3.11. The predicted octanol–water partition coefficient (Wildman–Crippen LogP) is 3.01. The highest BCUT2D eigenvalue weighted by Crippen LogP contribution is 2.32. The summed E-state index contributed by atoms with van der Waals surface area (Å²) in [7, 11) is 0. The molecular formula is C21H30FN3O3. The van der Waals surface area contributed by atoms with Crippen LogP contribution in [0, 0.1) is 11.2 Å². The van der Waals surface area contributed by atoms with Crippen molar-refractivity contribution in [1.82, 2.24) is 15.0 Å². The van der Waals surface area contributed by atoms with Gasteiger partial charge in [0, 0.05) is 37.0 Å². The second-order valence-corrected chi connectivity index (χ2v) is 8.25. The Hall–Kier alpha value is -1.99. The van der Waals surface area contributed by atoms with Gasteiger partial charge in [-0.15, -0.1) is 0 Å². The van der Waals surface area contributed by atoms with Crippen LogP contribution in [0.2, 0.25) is 0 Å². The first-order chi connectivity index (χ1) is 13.4. The van der Waals surface area contributed by atoms with Gasteiger partial charge in [0.1, 0.15) is 5.82 Å². The summed E-state index contributed by atoms with van der Waals surface area (Å²) >= 11 is 0. The van der Waals surface area contributed by atoms with Crippen molar-refractivity contribution in [3.8, 4) is 0 Å². The van der Waals surface area contributed by atoms with Crippen LogP contribution in [0.1, 0.15) is 45.2 Å². The third kappa shape index (κ3) is 4.36. The summed E-state index contributed by atoms with van der Waals surface area (Å²) in [5.74, 6) is -0.0155. The number of fused-ring (bicyclic) bond motifs is 1. The van der Waals surface area contributed by atoms with Crippen molar-refractivity contribution in [2.24, 2.45) is 5.41 Å². The van der Waals surface area contributed by atoms with E-state index in [0.717, 1.165) is 43.6 Å². The normalized spacial score (nSPS) is 16.6. The minimum atomic E-state index is -0.740. The SMILES string of the molecule is CCN(CCN1CCC(c2noc3cc(F)ccc23)CC1)C(=O)C(C)(C)CO. The van der Waals surface area contributed by atoms with Gasteiger partial charge in [-0.2, -0.15) is 0 Å². The van der Waals surface area contributed by atoms with Gasteiger partial charge in [0.2, 0.25) is 5.91 Å². The van der Waals surface area contributed by atoms with E-state index in [0.29, 0.717) is 24.6 Å². The number of halogens is 1. The summed E-state index contributed by atoms with van der Waals surface area (Å²) in [4.78, 5) is 16.7. The summed E-state index contributed by atoms with van der Waals surface area (Å²) in [5.41, 5.74) is 0.682. The van der Waals surface area contributed by atoms with Gasteiger partial charge < -0.3 is 19.4 Å². The maximum absolute atomic E-state index is 13.3. The lowest BCUT2D eigenvalue weighted by Gasteiger charge is -2.34. The second kappa shape index (κ2) is 8.57. The van der Waals surface area contributed by atoms with E-state index in [1.807, 2.05) is 11.8 Å². The first kappa shape index (κ1) is 20.7. The highest BCUT2D eigenvalue weighted by atomic mass is 19.1. The molecule has 6 nitrogen and oxygen atoms in total. The van der Waals surface area contributed by atoms with Crippen molar-refractivity contribution >= 4 is 16.9 Å². The van der Waals surface area contributed by atoms with E-state index < -0.39 is 5.41 Å². The Balaban J connectivity index is 1.54. The van der Waals surface area contributed by atoms with Gasteiger partial charge in [-0.3, -0.25) is 4.79 Å². The van der Waals surface area contributed by atoms with Crippen molar-refractivity contribution in [2.45, 2.75) is 39.5 Å². The van der Waals surface area contributed by atoms with E-state index in [4.69, 9.17) is 4.52 Å². The standard InChI is InChI=1S/C21H30FN3O3/c1-4-25(20(27)21(2,3)14-26)12-11-24-9-7-15(8-10-24)19-17-6-5-16(22)13-18(17)28-23-19/h5-6,13,15,26H,4,7-12,14H2,1-3H3. The molecule has 1 amide bonds. The summed E-state index contributed by atoms with van der Waals surface area (Å²) in [6.45, 7) is 9.34. The number of aliphatic hydroxyl groups excluding tert-OH is 1. The Morgan fingerprint density at radius 3 is 2.75 bits per heavy atom. The molecule has 2 aromatic rings. The van der Waals surface area contributed by atoms with Gasteiger partial charge in [0.25, 0.3) is 0 Å². The molecule has 0 aliphatic carbocycles. The predicted molar refractivity (Wildman–Crippen MR) is 106 cm³/mol. The highest BCUT2D eigenvalue weighted by molar-refractivity contribution is 5.82. The van der Waals surface area contributed by atoms with Crippen LogP contribution in [-0.2, 0) is 4.79 Å². The largest absolute Gasteiger partial charge is 0.395 e. The van der Waals surface area contributed by atoms with E-state index in [-0.39, 0.29) is 18.3 Å². The fourth-order valence-corrected chi connectivity index (χ4v) is 3.82. The van der Waals surface area contributed by atoms with Crippen molar-refractivity contribution in [1.29, 1.82) is 0 Å². The van der Waals surface area contributed by atoms with Crippen LogP contribution in [0.3, 0.4) is 0 Å². The summed E-state index contributed by atoms with van der Waals surface area (Å²) < 4.78 is 18.6. The number of aromatic nitrogens is 1. The highest BCUT2D eigenvalue weighted by Gasteiger charge is 2.31. The van der Waals surface area contributed by atoms with E-state index in [2.05, 4.69) is 10.1 Å². The lowest BCUT2D eigenvalue weighted by atomic mass is 9.91. The number of aliphatic hydroxyl groups is 1. The maximum atomic E-state index is 13.3. The number of likely N-dealkylation sites (N-methyl/N-ethyl adjacent to an activating group) is 1. The van der Waals surface area contributed by atoms with E-state index in [1.165, 1.54) is 12.1 Å². The molecule has 1 saturated heterocycles. The van der Waals surface area contributed by atoms with Crippen LogP contribution >= 0.6 is 0 Å². The van der Waals surface area contributed by atoms with Crippen LogP contribution < -0.4 is 0 Å². The monoisotopic (exact) mass is 391 g/mol. The van der Waals surface area contributed by atoms with Crippen molar-refractivity contribution in [3.63, 3.8) is 0 Å². The maximum Gasteiger partial charge on any atom is 0.230 e. The number of carbonyl (C=O) groups excluding carboxylic acids is 1. The number of amides is 1. The zero-order valence-electron chi connectivity index (χ0n) is 16.9. The zero-order valence-corrected chi connectivity index (χ0v) is 16.9. The molecular weight excluding hydrogens is 361 g/mol. The molecule has 1 N–H and O–H groups in total. The fraction of sp³-hybridized carbons (Fsp3) is 0.619. The Morgan fingerprint density at radius 2 is 2.11 bits per heavy atom. The van der Waals surface area contributed by atoms with Crippen LogP contribution in [0.15, 0.2) is 22.7 Å². The fourth-order valence-electron chi connectivity index (χ4n) is 3.82. The van der Waals surface area contributed by atoms with Gasteiger partial charge in [-0.25, -0.2) is 4.39 Å². The Kier molecular flexibility index (Phi) is 6.35. The molecule has 28 heavy (non-hydrogen) atoms. The molecule has 0 radical (unpaired) electrons. The molecule has 1 aliphatic heterocycles. The Labute approximate surface area is 165 Å². The lowest BCUT2D eigenvalue weighted by Crippen LogP contribution is -2.46. The van der Waals surface area contributed by atoms with E-state index in [1.54, 1.807) is 19.9 Å². The molecule has 154 valence electrons. The molecule has 3 rings (SSSR count). The zero-order chi connectivity index (χ0) is 20.3. The number of likely N-dealkylation sites (tertiary alicyclic amines) is 1. The Bertz CT molecular complexity index is 812. The average molecular weight is 391 g/mol. The second-order valence-electron chi connectivity index (χ2n) is 8.25. The van der Waals surface area contributed by atoms with Gasteiger partial charge >= 0.3 is 0 Å². The number of carbonyl (C=O) groups is 1. The van der Waals surface area contributed by atoms with Gasteiger partial charge in [-0.05, 0) is 58.8 Å². The number of rotatable bonds is 7. The molecule has 0 bridgehead atoms. The number of hydrogen-bond acceptors (Lipinski definition) is 5. The molecule has 2 heterocycles. The van der Waals surface area contributed by atoms with Crippen molar-refractivity contribution in [2.75, 3.05) is 39.3 Å². The molecule has 0 spiro atoms. The first-order valence-corrected chi connectivity index (χ1v) is 10.0. The Morgan fingerprint density at radius 1 is 1.39 bits per heavy atom. The van der Waals surface area contributed by atoms with Gasteiger partial charge in [0.15, 0.2) is 5.58 Å². The number of hydrogen-bond donors (Lipinski definition) is 1. The quantitative estimate of drug-likeness (QED) is 0.786. The van der Waals surface area contributed by atoms with Crippen LogP contribution in [-0.4, -0.2) is 65.3 Å². The molecule has 0 atom stereocenters. The minimum absolute atomic E-state index is 0.00585. The summed E-state index contributed by atoms with van der Waals surface area (Å²) in [5, 5.41) is 14.5. The minimum Gasteiger partial charge on any atom is -0.395 e. The van der Waals surface area contributed by atoms with Crippen LogP contribution in [0.5, 0.6) is 0 Å². The number of benzene rings is 1. The van der Waals surface area contributed by atoms with Crippen molar-refractivity contribution in [3.05, 3.63) is 29.7 Å². The summed E-state index contributed by atoms with van der Waals surface area (Å²) in [6.07, 6.45) is 1.92. The number of nitrogens with zero attached hydrogens (tertiary/aromatic N) is 3. The lowest BCUT2D eigenvalue weighted by molar-refractivity contribution is -0.142. The molecule has 1 aromatic carbocycles. The molecule has 1 aromatic heterocycles. The molecule has 7 heteroatoms. The van der Waals surface area contributed by atoms with Gasteiger partial charge in [0.05, 0.1) is 17.7 Å². The van der Waals surface area contributed by atoms with E-state index >= 15 is 0 Å². The smallest absolute Gasteiger partial charge is 0.230 e. The topological polar surface area (TPSA) is 69.8 Å². The molecule has 1 aliphatic rings. The van der Waals surface area contributed by atoms with Crippen LogP contribution in [0.4, 0.5) is 4.39 Å². The third-order valence-electron chi connectivity index (χ3n) is 5.77. The number of piperidine rings is 1. The van der Waals surface area contributed by atoms with E-state index in [9.17, 15) is 14.3 Å². The van der Waals surface area contributed by atoms with Crippen molar-refractivity contribution < 1.29 is 18.8 Å². The third-order valence-corrected chi connectivity index (χ3v) is 5.77. The van der Waals surface area contributed by atoms with Crippen LogP contribution in [0.25, 0.3) is 11.0 Å². The molecule has 0 unspecified atom stereocenters. The van der Waals surface area contributed by atoms with Gasteiger partial charge in [-0.1, -0.05) is 5.16 Å². The summed E-state index contributed by atoms with van der Waals surface area (Å²) in [6, 6.07) is 4.57. The molecule has 1 fully saturated rings. The first-order valence-electron chi connectivity index (χ1n) is 10.0. The molecule has 0 saturated carbocycles.